The highest BCUT2D eigenvalue weighted by molar-refractivity contribution is 5.91. The van der Waals surface area contributed by atoms with Gasteiger partial charge in [0, 0.05) is 6.42 Å². The number of para-hydroxylation sites is 1. The predicted molar refractivity (Wildman–Crippen MR) is 78.3 cm³/mol. The molecule has 0 spiro atoms. The third-order valence-corrected chi connectivity index (χ3v) is 3.28. The Kier molecular flexibility index (Phi) is 3.79. The maximum absolute atomic E-state index is 11.7. The third-order valence-electron chi connectivity index (χ3n) is 3.28. The van der Waals surface area contributed by atoms with E-state index in [0.717, 1.165) is 17.0 Å². The van der Waals surface area contributed by atoms with E-state index in [4.69, 9.17) is 4.99 Å². The molecule has 2 rings (SSSR count). The number of nitrogens with zero attached hydrogens (tertiary/aromatic N) is 1. The van der Waals surface area contributed by atoms with Gasteiger partial charge in [-0.05, 0) is 43.7 Å². The van der Waals surface area contributed by atoms with Crippen molar-refractivity contribution in [1.29, 1.82) is 0 Å². The normalized spacial score (nSPS) is 19.9. The topological polar surface area (TPSA) is 29.4 Å². The van der Waals surface area contributed by atoms with E-state index in [1.165, 1.54) is 11.6 Å². The van der Waals surface area contributed by atoms with E-state index in [-0.39, 0.29) is 5.78 Å². The van der Waals surface area contributed by atoms with Crippen LogP contribution in [0.3, 0.4) is 0 Å². The molecular weight excluding hydrogens is 234 g/mol. The first-order chi connectivity index (χ1) is 9.04. The van der Waals surface area contributed by atoms with Crippen LogP contribution in [0.1, 0.15) is 26.7 Å². The Labute approximate surface area is 113 Å². The fourth-order valence-electron chi connectivity index (χ4n) is 2.30. The Morgan fingerprint density at radius 3 is 2.74 bits per heavy atom. The van der Waals surface area contributed by atoms with Crippen LogP contribution in [0.2, 0.25) is 0 Å². The summed E-state index contributed by atoms with van der Waals surface area (Å²) in [6.07, 6.45) is 6.78. The van der Waals surface area contributed by atoms with Crippen LogP contribution in [0.25, 0.3) is 6.08 Å². The minimum atomic E-state index is -0.438. The average molecular weight is 253 g/mol. The van der Waals surface area contributed by atoms with Crippen molar-refractivity contribution in [2.75, 3.05) is 0 Å². The van der Waals surface area contributed by atoms with E-state index < -0.39 is 5.54 Å². The first-order valence-electron chi connectivity index (χ1n) is 6.51. The summed E-state index contributed by atoms with van der Waals surface area (Å²) in [6, 6.07) is 8.01. The van der Waals surface area contributed by atoms with Crippen molar-refractivity contribution in [2.45, 2.75) is 32.2 Å². The molecule has 19 heavy (non-hydrogen) atoms. The number of ketones is 1. The van der Waals surface area contributed by atoms with Crippen molar-refractivity contribution in [2.24, 2.45) is 4.99 Å². The molecule has 1 aliphatic heterocycles. The average Bonchev–Trinajstić information content (AvgIpc) is 2.74. The van der Waals surface area contributed by atoms with Crippen LogP contribution in [-0.2, 0) is 4.79 Å². The lowest BCUT2D eigenvalue weighted by molar-refractivity contribution is -0.115. The quantitative estimate of drug-likeness (QED) is 0.585. The molecule has 1 atom stereocenters. The first kappa shape index (κ1) is 13.5. The molecule has 1 aliphatic rings. The van der Waals surface area contributed by atoms with Crippen LogP contribution in [-0.4, -0.2) is 11.3 Å². The van der Waals surface area contributed by atoms with Crippen molar-refractivity contribution in [3.8, 4) is 0 Å². The molecule has 0 saturated heterocycles. The summed E-state index contributed by atoms with van der Waals surface area (Å²) in [4.78, 5) is 16.5. The monoisotopic (exact) mass is 253 g/mol. The summed E-state index contributed by atoms with van der Waals surface area (Å²) in [5.41, 5.74) is 0.802. The molecule has 0 aromatic heterocycles. The first-order valence-corrected chi connectivity index (χ1v) is 6.51. The summed E-state index contributed by atoms with van der Waals surface area (Å²) in [7, 11) is 0. The molecule has 1 aromatic carbocycles. The third kappa shape index (κ3) is 3.08. The molecule has 0 N–H and O–H groups in total. The van der Waals surface area contributed by atoms with Gasteiger partial charge in [-0.15, -0.1) is 0 Å². The molecule has 0 radical (unpaired) electrons. The minimum Gasteiger partial charge on any atom is -0.295 e. The van der Waals surface area contributed by atoms with Crippen molar-refractivity contribution >= 4 is 11.9 Å². The largest absolute Gasteiger partial charge is 0.295 e. The summed E-state index contributed by atoms with van der Waals surface area (Å²) < 4.78 is 0. The summed E-state index contributed by atoms with van der Waals surface area (Å²) in [5, 5.41) is 2.09. The molecule has 2 nitrogen and oxygen atoms in total. The molecular formula is C17H19NO. The number of carbonyl (C=O) groups excluding carboxylic acids is 1. The second-order valence-corrected chi connectivity index (χ2v) is 5.25. The van der Waals surface area contributed by atoms with Crippen LogP contribution < -0.4 is 10.6 Å². The zero-order valence-corrected chi connectivity index (χ0v) is 11.5. The second-order valence-electron chi connectivity index (χ2n) is 5.25. The van der Waals surface area contributed by atoms with E-state index in [9.17, 15) is 4.79 Å². The van der Waals surface area contributed by atoms with Crippen molar-refractivity contribution < 1.29 is 4.79 Å². The maximum atomic E-state index is 11.7. The van der Waals surface area contributed by atoms with Gasteiger partial charge in [0.1, 0.15) is 0 Å². The molecule has 0 saturated carbocycles. The lowest BCUT2D eigenvalue weighted by Crippen LogP contribution is -2.25. The lowest BCUT2D eigenvalue weighted by atomic mass is 9.89. The number of carbonyl (C=O) groups is 1. The zero-order valence-electron chi connectivity index (χ0n) is 11.5. The highest BCUT2D eigenvalue weighted by atomic mass is 16.1. The smallest absolute Gasteiger partial charge is 0.157 e. The van der Waals surface area contributed by atoms with E-state index >= 15 is 0 Å². The van der Waals surface area contributed by atoms with Gasteiger partial charge in [0.15, 0.2) is 5.78 Å². The standard InChI is InChI=1S/C17H19NO/c1-4-15(19)12-17(10-9-13(2)3)11-14-7-5-6-8-16(14)18-17/h4-9,11H,1,10,12H2,2-3H3. The van der Waals surface area contributed by atoms with Crippen molar-refractivity contribution in [3.05, 3.63) is 59.1 Å². The van der Waals surface area contributed by atoms with E-state index in [0.29, 0.717) is 6.42 Å². The van der Waals surface area contributed by atoms with Gasteiger partial charge in [-0.25, -0.2) is 0 Å². The molecule has 0 bridgehead atoms. The molecule has 0 fully saturated rings. The number of hydrogen-bond acceptors (Lipinski definition) is 2. The summed E-state index contributed by atoms with van der Waals surface area (Å²) in [6.45, 7) is 7.68. The second kappa shape index (κ2) is 5.35. The van der Waals surface area contributed by atoms with Gasteiger partial charge in [0.05, 0.1) is 10.9 Å². The maximum Gasteiger partial charge on any atom is 0.157 e. The zero-order chi connectivity index (χ0) is 13.9. The molecule has 0 amide bonds. The summed E-state index contributed by atoms with van der Waals surface area (Å²) >= 11 is 0. The van der Waals surface area contributed by atoms with Crippen LogP contribution >= 0.6 is 0 Å². The van der Waals surface area contributed by atoms with Crippen LogP contribution in [0.4, 0.5) is 0 Å². The highest BCUT2D eigenvalue weighted by Crippen LogP contribution is 2.26. The Bertz CT molecular complexity index is 613. The molecule has 2 heteroatoms. The molecule has 1 aromatic rings. The molecule has 98 valence electrons. The summed E-state index contributed by atoms with van der Waals surface area (Å²) in [5.74, 6) is 0.0370. The molecule has 0 aliphatic carbocycles. The number of fused-ring (bicyclic) bond motifs is 1. The fourth-order valence-corrected chi connectivity index (χ4v) is 2.30. The molecule has 1 unspecified atom stereocenters. The van der Waals surface area contributed by atoms with E-state index in [1.807, 2.05) is 24.3 Å². The van der Waals surface area contributed by atoms with Crippen LogP contribution in [0, 0.1) is 0 Å². The van der Waals surface area contributed by atoms with Gasteiger partial charge in [0.25, 0.3) is 0 Å². The van der Waals surface area contributed by atoms with Gasteiger partial charge in [0.2, 0.25) is 0 Å². The van der Waals surface area contributed by atoms with Crippen molar-refractivity contribution in [1.82, 2.24) is 0 Å². The highest BCUT2D eigenvalue weighted by Gasteiger charge is 2.30. The van der Waals surface area contributed by atoms with Gasteiger partial charge >= 0.3 is 0 Å². The van der Waals surface area contributed by atoms with Crippen LogP contribution in [0.15, 0.2) is 53.6 Å². The van der Waals surface area contributed by atoms with Gasteiger partial charge in [-0.2, -0.15) is 0 Å². The Hall–Kier alpha value is -1.96. The van der Waals surface area contributed by atoms with Crippen molar-refractivity contribution in [3.63, 3.8) is 0 Å². The fraction of sp³-hybridized carbons (Fsp3) is 0.294. The van der Waals surface area contributed by atoms with Gasteiger partial charge < -0.3 is 0 Å². The minimum absolute atomic E-state index is 0.0370. The number of benzene rings is 1. The SMILES string of the molecule is C=CC(=O)CC1(CC=C(C)C)C=c2ccccc2=N1. The predicted octanol–water partition coefficient (Wildman–Crippen LogP) is 2.34. The van der Waals surface area contributed by atoms with Gasteiger partial charge in [-0.1, -0.05) is 36.4 Å². The molecule has 1 heterocycles. The number of rotatable bonds is 5. The Balaban J connectivity index is 2.43. The van der Waals surface area contributed by atoms with E-state index in [1.54, 1.807) is 0 Å². The van der Waals surface area contributed by atoms with Gasteiger partial charge in [-0.3, -0.25) is 9.79 Å². The number of allylic oxidation sites excluding steroid dienone is 2. The Morgan fingerprint density at radius 1 is 1.37 bits per heavy atom. The Morgan fingerprint density at radius 2 is 2.11 bits per heavy atom. The number of hydrogen-bond donors (Lipinski definition) is 0. The van der Waals surface area contributed by atoms with E-state index in [2.05, 4.69) is 32.6 Å². The van der Waals surface area contributed by atoms with Crippen LogP contribution in [0.5, 0.6) is 0 Å². The lowest BCUT2D eigenvalue weighted by Gasteiger charge is -2.21.